The van der Waals surface area contributed by atoms with Crippen LogP contribution in [0.1, 0.15) is 44.7 Å². The standard InChI is InChI=1S/C20H27N3O3/c1-12-6-5-7-16(12)26-19(24)17-13(2)21-20(25)22-18(17)14-8-10-15(11-9-14)23(3)4/h8-12,16,18H,5-7H2,1-4H3,(H2,21,22,25)/t12-,16-,18+/m0/s1. The monoisotopic (exact) mass is 357 g/mol. The summed E-state index contributed by atoms with van der Waals surface area (Å²) in [5, 5.41) is 5.55. The van der Waals surface area contributed by atoms with Gasteiger partial charge in [0, 0.05) is 25.5 Å². The van der Waals surface area contributed by atoms with Gasteiger partial charge in [-0.05, 0) is 49.8 Å². The minimum Gasteiger partial charge on any atom is -0.459 e. The van der Waals surface area contributed by atoms with E-state index in [1.807, 2.05) is 43.3 Å². The lowest BCUT2D eigenvalue weighted by molar-refractivity contribution is -0.146. The van der Waals surface area contributed by atoms with Crippen LogP contribution in [-0.4, -0.2) is 32.2 Å². The van der Waals surface area contributed by atoms with Gasteiger partial charge in [0.25, 0.3) is 0 Å². The predicted molar refractivity (Wildman–Crippen MR) is 101 cm³/mol. The summed E-state index contributed by atoms with van der Waals surface area (Å²) < 4.78 is 5.79. The van der Waals surface area contributed by atoms with Gasteiger partial charge in [-0.3, -0.25) is 0 Å². The molecule has 1 fully saturated rings. The van der Waals surface area contributed by atoms with Crippen LogP contribution in [0.4, 0.5) is 10.5 Å². The second kappa shape index (κ2) is 7.40. The van der Waals surface area contributed by atoms with Crippen molar-refractivity contribution < 1.29 is 14.3 Å². The van der Waals surface area contributed by atoms with E-state index in [1.54, 1.807) is 6.92 Å². The van der Waals surface area contributed by atoms with Gasteiger partial charge < -0.3 is 20.3 Å². The SMILES string of the molecule is CC1=C(C(=O)O[C@H]2CCC[C@@H]2C)[C@@H](c2ccc(N(C)C)cc2)NC(=O)N1. The Labute approximate surface area is 154 Å². The third-order valence-corrected chi connectivity index (χ3v) is 5.27. The molecule has 6 heteroatoms. The average molecular weight is 357 g/mol. The van der Waals surface area contributed by atoms with E-state index in [0.29, 0.717) is 17.2 Å². The van der Waals surface area contributed by atoms with Crippen LogP contribution in [0, 0.1) is 5.92 Å². The molecule has 3 atom stereocenters. The number of nitrogens with one attached hydrogen (secondary N) is 2. The van der Waals surface area contributed by atoms with Gasteiger partial charge >= 0.3 is 12.0 Å². The van der Waals surface area contributed by atoms with E-state index < -0.39 is 6.04 Å². The molecule has 26 heavy (non-hydrogen) atoms. The number of hydrogen-bond donors (Lipinski definition) is 2. The van der Waals surface area contributed by atoms with E-state index in [9.17, 15) is 9.59 Å². The van der Waals surface area contributed by atoms with E-state index in [0.717, 1.165) is 30.5 Å². The number of benzene rings is 1. The Morgan fingerprint density at radius 3 is 2.46 bits per heavy atom. The van der Waals surface area contributed by atoms with Crippen molar-refractivity contribution in [3.8, 4) is 0 Å². The molecule has 140 valence electrons. The summed E-state index contributed by atoms with van der Waals surface area (Å²) in [5.41, 5.74) is 2.93. The summed E-state index contributed by atoms with van der Waals surface area (Å²) in [6.07, 6.45) is 3.03. The number of hydrogen-bond acceptors (Lipinski definition) is 4. The van der Waals surface area contributed by atoms with Crippen molar-refractivity contribution in [2.24, 2.45) is 5.92 Å². The number of ether oxygens (including phenoxy) is 1. The van der Waals surface area contributed by atoms with Crippen LogP contribution >= 0.6 is 0 Å². The lowest BCUT2D eigenvalue weighted by Gasteiger charge is -2.29. The lowest BCUT2D eigenvalue weighted by atomic mass is 9.95. The van der Waals surface area contributed by atoms with Gasteiger partial charge in [0.1, 0.15) is 6.10 Å². The molecule has 1 aliphatic carbocycles. The molecule has 3 rings (SSSR count). The summed E-state index contributed by atoms with van der Waals surface area (Å²) in [7, 11) is 3.94. The maximum absolute atomic E-state index is 12.9. The van der Waals surface area contributed by atoms with E-state index in [-0.39, 0.29) is 18.1 Å². The largest absolute Gasteiger partial charge is 0.459 e. The number of allylic oxidation sites excluding steroid dienone is 1. The number of carbonyl (C=O) groups is 2. The second-order valence-electron chi connectivity index (χ2n) is 7.41. The molecular formula is C20H27N3O3. The third-order valence-electron chi connectivity index (χ3n) is 5.27. The second-order valence-corrected chi connectivity index (χ2v) is 7.41. The van der Waals surface area contributed by atoms with Crippen LogP contribution < -0.4 is 15.5 Å². The number of rotatable bonds is 4. The van der Waals surface area contributed by atoms with Crippen LogP contribution in [0.3, 0.4) is 0 Å². The van der Waals surface area contributed by atoms with Gasteiger partial charge in [-0.25, -0.2) is 9.59 Å². The summed E-state index contributed by atoms with van der Waals surface area (Å²) in [4.78, 5) is 26.9. The van der Waals surface area contributed by atoms with E-state index in [4.69, 9.17) is 4.74 Å². The van der Waals surface area contributed by atoms with E-state index in [2.05, 4.69) is 17.6 Å². The summed E-state index contributed by atoms with van der Waals surface area (Å²) >= 11 is 0. The number of nitrogens with zero attached hydrogens (tertiary/aromatic N) is 1. The van der Waals surface area contributed by atoms with Crippen LogP contribution in [0.5, 0.6) is 0 Å². The average Bonchev–Trinajstić information content (AvgIpc) is 2.99. The van der Waals surface area contributed by atoms with Crippen molar-refractivity contribution in [1.29, 1.82) is 0 Å². The molecule has 2 aliphatic rings. The summed E-state index contributed by atoms with van der Waals surface area (Å²) in [6.45, 7) is 3.86. The molecule has 1 aromatic carbocycles. The molecule has 2 N–H and O–H groups in total. The summed E-state index contributed by atoms with van der Waals surface area (Å²) in [6, 6.07) is 7.00. The van der Waals surface area contributed by atoms with Crippen LogP contribution in [0.2, 0.25) is 0 Å². The highest BCUT2D eigenvalue weighted by Gasteiger charge is 2.35. The van der Waals surface area contributed by atoms with Gasteiger partial charge in [-0.1, -0.05) is 19.1 Å². The van der Waals surface area contributed by atoms with Gasteiger partial charge in [-0.15, -0.1) is 0 Å². The normalized spacial score (nSPS) is 25.5. The fourth-order valence-corrected chi connectivity index (χ4v) is 3.67. The van der Waals surface area contributed by atoms with Crippen molar-refractivity contribution >= 4 is 17.7 Å². The van der Waals surface area contributed by atoms with Gasteiger partial charge in [-0.2, -0.15) is 0 Å². The van der Waals surface area contributed by atoms with Crippen molar-refractivity contribution in [1.82, 2.24) is 10.6 Å². The first-order valence-corrected chi connectivity index (χ1v) is 9.13. The van der Waals surface area contributed by atoms with E-state index in [1.165, 1.54) is 0 Å². The Balaban J connectivity index is 1.87. The van der Waals surface area contributed by atoms with E-state index >= 15 is 0 Å². The molecule has 0 radical (unpaired) electrons. The fourth-order valence-electron chi connectivity index (χ4n) is 3.67. The number of urea groups is 1. The third kappa shape index (κ3) is 3.69. The van der Waals surface area contributed by atoms with Gasteiger partial charge in [0.2, 0.25) is 0 Å². The molecule has 0 bridgehead atoms. The molecule has 0 aromatic heterocycles. The number of amides is 2. The zero-order valence-electron chi connectivity index (χ0n) is 15.8. The van der Waals surface area contributed by atoms with Crippen LogP contribution in [-0.2, 0) is 9.53 Å². The minimum atomic E-state index is -0.510. The Kier molecular flexibility index (Phi) is 5.20. The predicted octanol–water partition coefficient (Wildman–Crippen LogP) is 3.11. The molecule has 2 amide bonds. The van der Waals surface area contributed by atoms with Crippen LogP contribution in [0.15, 0.2) is 35.5 Å². The quantitative estimate of drug-likeness (QED) is 0.813. The van der Waals surface area contributed by atoms with Gasteiger partial charge in [0.05, 0.1) is 11.6 Å². The Morgan fingerprint density at radius 1 is 1.19 bits per heavy atom. The van der Waals surface area contributed by atoms with Crippen molar-refractivity contribution in [2.45, 2.75) is 45.3 Å². The van der Waals surface area contributed by atoms with Crippen molar-refractivity contribution in [2.75, 3.05) is 19.0 Å². The lowest BCUT2D eigenvalue weighted by Crippen LogP contribution is -2.45. The summed E-state index contributed by atoms with van der Waals surface area (Å²) in [5.74, 6) is 0.0271. The zero-order chi connectivity index (χ0) is 18.8. The minimum absolute atomic E-state index is 0.0443. The Morgan fingerprint density at radius 2 is 1.88 bits per heavy atom. The number of anilines is 1. The molecule has 6 nitrogen and oxygen atoms in total. The molecule has 1 aliphatic heterocycles. The highest BCUT2D eigenvalue weighted by Crippen LogP contribution is 2.32. The van der Waals surface area contributed by atoms with Crippen molar-refractivity contribution in [3.05, 3.63) is 41.1 Å². The molecule has 1 heterocycles. The first-order valence-electron chi connectivity index (χ1n) is 9.13. The van der Waals surface area contributed by atoms with Gasteiger partial charge in [0.15, 0.2) is 0 Å². The fraction of sp³-hybridized carbons (Fsp3) is 0.500. The maximum atomic E-state index is 12.9. The molecular weight excluding hydrogens is 330 g/mol. The highest BCUT2D eigenvalue weighted by molar-refractivity contribution is 5.95. The first kappa shape index (κ1) is 18.3. The Bertz CT molecular complexity index is 724. The molecule has 0 unspecified atom stereocenters. The Hall–Kier alpha value is -2.50. The molecule has 1 aromatic rings. The maximum Gasteiger partial charge on any atom is 0.338 e. The topological polar surface area (TPSA) is 70.7 Å². The molecule has 0 spiro atoms. The zero-order valence-corrected chi connectivity index (χ0v) is 15.8. The molecule has 1 saturated carbocycles. The number of esters is 1. The van der Waals surface area contributed by atoms with Crippen LogP contribution in [0.25, 0.3) is 0 Å². The number of carbonyl (C=O) groups excluding carboxylic acids is 2. The highest BCUT2D eigenvalue weighted by atomic mass is 16.5. The molecule has 0 saturated heterocycles. The first-order chi connectivity index (χ1) is 12.4. The van der Waals surface area contributed by atoms with Crippen molar-refractivity contribution in [3.63, 3.8) is 0 Å². The smallest absolute Gasteiger partial charge is 0.338 e.